The predicted octanol–water partition coefficient (Wildman–Crippen LogP) is 9.58. The van der Waals surface area contributed by atoms with Crippen molar-refractivity contribution in [1.82, 2.24) is 25.1 Å². The van der Waals surface area contributed by atoms with Gasteiger partial charge >= 0.3 is 5.97 Å². The molecule has 4 aromatic heterocycles. The molecule has 342 valence electrons. The molecule has 17 heteroatoms. The van der Waals surface area contributed by atoms with Crippen molar-refractivity contribution < 1.29 is 33.5 Å². The molecule has 13 nitrogen and oxygen atoms in total. The molecular formula is C47H58ClN5O8S2Si. The fraction of sp³-hybridized carbons (Fsp3) is 0.447. The van der Waals surface area contributed by atoms with E-state index in [1.54, 1.807) is 31.4 Å². The van der Waals surface area contributed by atoms with Crippen molar-refractivity contribution in [3.05, 3.63) is 120 Å². The van der Waals surface area contributed by atoms with Gasteiger partial charge in [-0.25, -0.2) is 4.79 Å². The van der Waals surface area contributed by atoms with Crippen molar-refractivity contribution in [2.45, 2.75) is 108 Å². The van der Waals surface area contributed by atoms with Gasteiger partial charge < -0.3 is 39.0 Å². The lowest BCUT2D eigenvalue weighted by molar-refractivity contribution is -0.169. The van der Waals surface area contributed by atoms with Gasteiger partial charge in [0.05, 0.1) is 33.5 Å². The number of aromatic nitrogens is 3. The Balaban J connectivity index is 0.929. The van der Waals surface area contributed by atoms with Crippen LogP contribution in [0.1, 0.15) is 85.8 Å². The van der Waals surface area contributed by atoms with Gasteiger partial charge in [0.25, 0.3) is 5.56 Å². The minimum atomic E-state index is -2.27. The van der Waals surface area contributed by atoms with E-state index in [1.807, 2.05) is 47.2 Å². The van der Waals surface area contributed by atoms with Crippen LogP contribution in [-0.2, 0) is 32.5 Å². The molecule has 7 rings (SSSR count). The average Bonchev–Trinajstić information content (AvgIpc) is 4.09. The zero-order valence-electron chi connectivity index (χ0n) is 37.4. The molecule has 0 bridgehead atoms. The molecular weight excluding hydrogens is 890 g/mol. The molecule has 2 aromatic carbocycles. The number of hydrogen-bond acceptors (Lipinski definition) is 14. The van der Waals surface area contributed by atoms with Gasteiger partial charge in [0.2, 0.25) is 17.3 Å². The van der Waals surface area contributed by atoms with Crippen molar-refractivity contribution >= 4 is 59.5 Å². The van der Waals surface area contributed by atoms with E-state index in [4.69, 9.17) is 30.0 Å². The molecule has 3 N–H and O–H groups in total. The monoisotopic (exact) mass is 947 g/mol. The van der Waals surface area contributed by atoms with Crippen molar-refractivity contribution in [2.24, 2.45) is 0 Å². The van der Waals surface area contributed by atoms with Gasteiger partial charge in [-0.15, -0.1) is 27.4 Å². The number of carbonyl (C=O) groups is 1. The molecule has 1 atom stereocenters. The van der Waals surface area contributed by atoms with Crippen LogP contribution in [0.2, 0.25) is 23.2 Å². The highest BCUT2D eigenvalue weighted by Gasteiger charge is 2.45. The van der Waals surface area contributed by atoms with Crippen LogP contribution in [0.25, 0.3) is 22.3 Å². The molecule has 0 radical (unpaired) electrons. The quantitative estimate of drug-likeness (QED) is 0.0426. The number of fused-ring (bicyclic) bond motifs is 1. The number of halogens is 1. The van der Waals surface area contributed by atoms with Crippen LogP contribution < -0.4 is 15.6 Å². The van der Waals surface area contributed by atoms with Gasteiger partial charge in [0, 0.05) is 48.1 Å². The number of nitrogens with one attached hydrogen (secondary N) is 1. The van der Waals surface area contributed by atoms with Gasteiger partial charge in [0.15, 0.2) is 8.32 Å². The second kappa shape index (κ2) is 20.0. The maximum Gasteiger partial charge on any atom is 0.349 e. The molecule has 0 unspecified atom stereocenters. The molecule has 0 amide bonds. The minimum Gasteiger partial charge on any atom is -0.496 e. The molecule has 0 aliphatic heterocycles. The molecule has 1 aliphatic carbocycles. The van der Waals surface area contributed by atoms with Gasteiger partial charge in [0.1, 0.15) is 11.9 Å². The van der Waals surface area contributed by atoms with Crippen LogP contribution in [0.15, 0.2) is 86.8 Å². The third kappa shape index (κ3) is 10.3. The third-order valence-electron chi connectivity index (χ3n) is 12.8. The second-order valence-corrected chi connectivity index (χ2v) is 25.1. The lowest BCUT2D eigenvalue weighted by atomic mass is 9.91. The van der Waals surface area contributed by atoms with Crippen molar-refractivity contribution in [2.75, 3.05) is 27.2 Å². The highest BCUT2D eigenvalue weighted by Crippen LogP contribution is 2.42. The molecule has 1 saturated carbocycles. The molecule has 1 aliphatic rings. The van der Waals surface area contributed by atoms with Crippen molar-refractivity contribution in [1.29, 1.82) is 0 Å². The number of hydrogen-bond donors (Lipinski definition) is 3. The van der Waals surface area contributed by atoms with Crippen molar-refractivity contribution in [3.63, 3.8) is 0 Å². The highest BCUT2D eigenvalue weighted by molar-refractivity contribution is 7.12. The SMILES string of the molecule is COc1cc(-c2noc(CCCN(C)C3CCC(OC(=O)C(O)(c4cccs4)c4cccs4)CC3)n2)c(Cl)cc1CNC[C@H](O[Si](C)(C)C(C)(C)C)c1cccc2c1ccc(=O)n2O. The van der Waals surface area contributed by atoms with E-state index < -0.39 is 25.4 Å². The average molecular weight is 949 g/mol. The number of rotatable bonds is 18. The van der Waals surface area contributed by atoms with Crippen molar-refractivity contribution in [3.8, 4) is 17.1 Å². The highest BCUT2D eigenvalue weighted by atomic mass is 35.5. The molecule has 1 fully saturated rings. The van der Waals surface area contributed by atoms with Crippen LogP contribution >= 0.6 is 34.3 Å². The van der Waals surface area contributed by atoms with Gasteiger partial charge in [-0.2, -0.15) is 4.98 Å². The van der Waals surface area contributed by atoms with E-state index in [-0.39, 0.29) is 17.2 Å². The summed E-state index contributed by atoms with van der Waals surface area (Å²) >= 11 is 9.57. The van der Waals surface area contributed by atoms with E-state index in [0.717, 1.165) is 55.2 Å². The molecule has 6 aromatic rings. The number of ether oxygens (including phenoxy) is 2. The summed E-state index contributed by atoms with van der Waals surface area (Å²) < 4.78 is 25.1. The summed E-state index contributed by atoms with van der Waals surface area (Å²) in [6, 6.07) is 19.9. The number of aliphatic hydroxyl groups is 1. The van der Waals surface area contributed by atoms with E-state index >= 15 is 0 Å². The summed E-state index contributed by atoms with van der Waals surface area (Å²) in [4.78, 5) is 33.8. The van der Waals surface area contributed by atoms with Crippen LogP contribution in [-0.4, -0.2) is 83.8 Å². The first-order chi connectivity index (χ1) is 30.5. The Morgan fingerprint density at radius 3 is 2.39 bits per heavy atom. The summed E-state index contributed by atoms with van der Waals surface area (Å²) in [5.74, 6) is 0.894. The molecule has 0 saturated heterocycles. The zero-order valence-corrected chi connectivity index (χ0v) is 40.8. The van der Waals surface area contributed by atoms with Gasteiger partial charge in [-0.1, -0.05) is 61.8 Å². The smallest absolute Gasteiger partial charge is 0.349 e. The lowest BCUT2D eigenvalue weighted by Crippen LogP contribution is -2.43. The minimum absolute atomic E-state index is 0.0556. The van der Waals surface area contributed by atoms with Crippen LogP contribution in [0.5, 0.6) is 5.75 Å². The third-order valence-corrected chi connectivity index (χ3v) is 19.5. The summed E-state index contributed by atoms with van der Waals surface area (Å²) in [6.45, 7) is 12.7. The molecule has 4 heterocycles. The van der Waals surface area contributed by atoms with Gasteiger partial charge in [-0.05, 0) is 117 Å². The number of thiophene rings is 2. The fourth-order valence-electron chi connectivity index (χ4n) is 8.00. The Kier molecular flexibility index (Phi) is 14.9. The second-order valence-electron chi connectivity index (χ2n) is 18.0. The number of pyridine rings is 1. The number of carbonyl (C=O) groups excluding carboxylic acids is 1. The number of methoxy groups -OCH3 is 1. The number of esters is 1. The van der Waals surface area contributed by atoms with Crippen LogP contribution in [0.4, 0.5) is 0 Å². The summed E-state index contributed by atoms with van der Waals surface area (Å²) in [6.07, 6.45) is 3.99. The van der Waals surface area contributed by atoms with Gasteiger partial charge in [-0.3, -0.25) is 4.79 Å². The Morgan fingerprint density at radius 2 is 1.75 bits per heavy atom. The first-order valence-electron chi connectivity index (χ1n) is 21.6. The summed E-state index contributed by atoms with van der Waals surface area (Å²) in [7, 11) is 1.46. The summed E-state index contributed by atoms with van der Waals surface area (Å²) in [5, 5.41) is 34.8. The van der Waals surface area contributed by atoms with E-state index in [1.165, 1.54) is 28.7 Å². The lowest BCUT2D eigenvalue weighted by Gasteiger charge is -2.39. The standard InChI is InChI=1S/C47H58ClN5O8S2Si/c1-46(2,3)64(6,7)61-39(34-12-8-13-37-33(34)21-22-43(54)53(37)57)29-49-28-30-26-36(48)35(27-38(30)58-5)44-50-42(60-51-44)16-9-23-52(4)31-17-19-32(20-18-31)59-45(55)47(56,40-14-10-24-62-40)41-15-11-25-63-41/h8,10-15,21-22,24-27,31-32,39,49,56-57H,9,16-20,23,28-29H2,1-7H3/t31?,32?,39-/m0/s1. The number of nitrogens with zero attached hydrogens (tertiary/aromatic N) is 4. The maximum absolute atomic E-state index is 13.5. The van der Waals surface area contributed by atoms with E-state index in [9.17, 15) is 19.9 Å². The topological polar surface area (TPSA) is 161 Å². The van der Waals surface area contributed by atoms with Crippen LogP contribution in [0, 0.1) is 0 Å². The Labute approximate surface area is 388 Å². The summed E-state index contributed by atoms with van der Waals surface area (Å²) in [5.41, 5.74) is 0.427. The molecule has 64 heavy (non-hydrogen) atoms. The Morgan fingerprint density at radius 1 is 1.05 bits per heavy atom. The maximum atomic E-state index is 13.5. The van der Waals surface area contributed by atoms with E-state index in [2.05, 4.69) is 61.3 Å². The fourth-order valence-corrected chi connectivity index (χ4v) is 11.3. The number of aryl methyl sites for hydroxylation is 1. The number of benzene rings is 2. The first kappa shape index (κ1) is 47.6. The zero-order chi connectivity index (χ0) is 45.8. The Hall–Kier alpha value is -4.39. The Bertz CT molecular complexity index is 2530. The first-order valence-corrected chi connectivity index (χ1v) is 26.7. The van der Waals surface area contributed by atoms with Crippen LogP contribution in [0.3, 0.4) is 0 Å². The largest absolute Gasteiger partial charge is 0.496 e. The predicted molar refractivity (Wildman–Crippen MR) is 254 cm³/mol. The van der Waals surface area contributed by atoms with E-state index in [0.29, 0.717) is 73.6 Å². The normalized spacial score (nSPS) is 16.7. The molecule has 0 spiro atoms.